The van der Waals surface area contributed by atoms with Crippen LogP contribution in [0.25, 0.3) is 0 Å². The van der Waals surface area contributed by atoms with Crippen LogP contribution in [0.15, 0.2) is 53.0 Å². The Morgan fingerprint density at radius 2 is 1.90 bits per heavy atom. The fourth-order valence-electron chi connectivity index (χ4n) is 1.70. The van der Waals surface area contributed by atoms with Crippen LogP contribution in [-0.2, 0) is 16.0 Å². The van der Waals surface area contributed by atoms with Crippen molar-refractivity contribution in [3.05, 3.63) is 63.6 Å². The van der Waals surface area contributed by atoms with Crippen LogP contribution < -0.4 is 4.74 Å². The lowest BCUT2D eigenvalue weighted by Gasteiger charge is -2.08. The molecule has 0 fully saturated rings. The molecule has 0 heterocycles. The van der Waals surface area contributed by atoms with Gasteiger partial charge in [0.15, 0.2) is 6.61 Å². The van der Waals surface area contributed by atoms with Crippen LogP contribution in [0.5, 0.6) is 5.75 Å². The maximum Gasteiger partial charge on any atom is 0.344 e. The highest BCUT2D eigenvalue weighted by Gasteiger charge is 2.07. The van der Waals surface area contributed by atoms with Crippen molar-refractivity contribution >= 4 is 33.5 Å². The molecule has 0 radical (unpaired) electrons. The molecule has 0 saturated carbocycles. The molecule has 0 unspecified atom stereocenters. The predicted octanol–water partition coefficient (Wildman–Crippen LogP) is 4.27. The molecule has 0 N–H and O–H groups in total. The normalized spacial score (nSPS) is 10.2. The second kappa shape index (κ2) is 8.05. The van der Waals surface area contributed by atoms with Crippen LogP contribution in [-0.4, -0.2) is 19.2 Å². The van der Waals surface area contributed by atoms with Gasteiger partial charge in [-0.3, -0.25) is 0 Å². The standard InChI is InChI=1S/C16H14BrClO3/c17-14-10-13(18)6-7-15(14)21-11-16(19)20-9-8-12-4-2-1-3-5-12/h1-7,10H,8-9,11H2. The largest absolute Gasteiger partial charge is 0.481 e. The second-order valence-corrected chi connectivity index (χ2v) is 5.61. The summed E-state index contributed by atoms with van der Waals surface area (Å²) in [5.41, 5.74) is 1.13. The molecule has 0 aromatic heterocycles. The van der Waals surface area contributed by atoms with Gasteiger partial charge in [0.2, 0.25) is 0 Å². The van der Waals surface area contributed by atoms with Crippen LogP contribution in [0.2, 0.25) is 5.02 Å². The molecule has 110 valence electrons. The van der Waals surface area contributed by atoms with Gasteiger partial charge in [-0.25, -0.2) is 4.79 Å². The van der Waals surface area contributed by atoms with Gasteiger partial charge in [0.05, 0.1) is 11.1 Å². The minimum absolute atomic E-state index is 0.130. The Morgan fingerprint density at radius 3 is 2.62 bits per heavy atom. The van der Waals surface area contributed by atoms with E-state index in [4.69, 9.17) is 21.1 Å². The molecule has 21 heavy (non-hydrogen) atoms. The topological polar surface area (TPSA) is 35.5 Å². The van der Waals surface area contributed by atoms with Crippen molar-refractivity contribution in [2.45, 2.75) is 6.42 Å². The molecule has 0 atom stereocenters. The Kier molecular flexibility index (Phi) is 6.08. The Bertz CT molecular complexity index is 602. The number of carbonyl (C=O) groups is 1. The van der Waals surface area contributed by atoms with Gasteiger partial charge in [-0.15, -0.1) is 0 Å². The highest BCUT2D eigenvalue weighted by atomic mass is 79.9. The van der Waals surface area contributed by atoms with Crippen LogP contribution in [0.3, 0.4) is 0 Å². The van der Waals surface area contributed by atoms with Crippen LogP contribution in [0, 0.1) is 0 Å². The summed E-state index contributed by atoms with van der Waals surface area (Å²) in [5, 5.41) is 0.597. The number of benzene rings is 2. The van der Waals surface area contributed by atoms with E-state index in [1.807, 2.05) is 30.3 Å². The zero-order valence-corrected chi connectivity index (χ0v) is 13.6. The molecule has 0 spiro atoms. The molecule has 2 aromatic rings. The lowest BCUT2D eigenvalue weighted by molar-refractivity contribution is -0.145. The van der Waals surface area contributed by atoms with E-state index in [9.17, 15) is 4.79 Å². The summed E-state index contributed by atoms with van der Waals surface area (Å²) in [7, 11) is 0. The fraction of sp³-hybridized carbons (Fsp3) is 0.188. The minimum Gasteiger partial charge on any atom is -0.481 e. The molecular formula is C16H14BrClO3. The Balaban J connectivity index is 1.72. The summed E-state index contributed by atoms with van der Waals surface area (Å²) in [4.78, 5) is 11.6. The predicted molar refractivity (Wildman–Crippen MR) is 85.8 cm³/mol. The number of ether oxygens (including phenoxy) is 2. The number of esters is 1. The van der Waals surface area contributed by atoms with E-state index in [-0.39, 0.29) is 6.61 Å². The van der Waals surface area contributed by atoms with Crippen LogP contribution >= 0.6 is 27.5 Å². The second-order valence-electron chi connectivity index (χ2n) is 4.32. The van der Waals surface area contributed by atoms with Crippen molar-refractivity contribution in [1.29, 1.82) is 0 Å². The first-order valence-electron chi connectivity index (χ1n) is 6.42. The number of rotatable bonds is 6. The molecular weight excluding hydrogens is 356 g/mol. The highest BCUT2D eigenvalue weighted by molar-refractivity contribution is 9.10. The lowest BCUT2D eigenvalue weighted by Crippen LogP contribution is -2.16. The van der Waals surface area contributed by atoms with E-state index in [1.54, 1.807) is 18.2 Å². The first kappa shape index (κ1) is 15.9. The van der Waals surface area contributed by atoms with Gasteiger partial charge in [-0.05, 0) is 39.7 Å². The summed E-state index contributed by atoms with van der Waals surface area (Å²) in [6.45, 7) is 0.211. The third-order valence-electron chi connectivity index (χ3n) is 2.74. The average molecular weight is 370 g/mol. The summed E-state index contributed by atoms with van der Waals surface area (Å²) >= 11 is 9.15. The molecule has 0 aliphatic rings. The summed E-state index contributed by atoms with van der Waals surface area (Å²) in [6, 6.07) is 15.0. The van der Waals surface area contributed by atoms with E-state index in [0.717, 1.165) is 5.56 Å². The van der Waals surface area contributed by atoms with Crippen molar-refractivity contribution in [3.8, 4) is 5.75 Å². The maximum atomic E-state index is 11.6. The molecule has 0 saturated heterocycles. The fourth-order valence-corrected chi connectivity index (χ4v) is 2.50. The van der Waals surface area contributed by atoms with Gasteiger partial charge in [-0.2, -0.15) is 0 Å². The maximum absolute atomic E-state index is 11.6. The monoisotopic (exact) mass is 368 g/mol. The number of halogens is 2. The van der Waals surface area contributed by atoms with E-state index < -0.39 is 5.97 Å². The number of carbonyl (C=O) groups excluding carboxylic acids is 1. The Hall–Kier alpha value is -1.52. The van der Waals surface area contributed by atoms with Crippen molar-refractivity contribution in [2.75, 3.05) is 13.2 Å². The van der Waals surface area contributed by atoms with E-state index in [0.29, 0.717) is 28.3 Å². The van der Waals surface area contributed by atoms with Crippen molar-refractivity contribution in [1.82, 2.24) is 0 Å². The van der Waals surface area contributed by atoms with Crippen molar-refractivity contribution in [2.24, 2.45) is 0 Å². The lowest BCUT2D eigenvalue weighted by atomic mass is 10.2. The molecule has 5 heteroatoms. The van der Waals surface area contributed by atoms with Crippen molar-refractivity contribution < 1.29 is 14.3 Å². The van der Waals surface area contributed by atoms with Gasteiger partial charge in [-0.1, -0.05) is 41.9 Å². The highest BCUT2D eigenvalue weighted by Crippen LogP contribution is 2.27. The summed E-state index contributed by atoms with van der Waals surface area (Å²) in [5.74, 6) is 0.159. The minimum atomic E-state index is -0.396. The zero-order valence-electron chi connectivity index (χ0n) is 11.2. The quantitative estimate of drug-likeness (QED) is 0.713. The van der Waals surface area contributed by atoms with Crippen molar-refractivity contribution in [3.63, 3.8) is 0 Å². The SMILES string of the molecule is O=C(COc1ccc(Cl)cc1Br)OCCc1ccccc1. The van der Waals surface area contributed by atoms with Gasteiger partial charge in [0.1, 0.15) is 5.75 Å². The van der Waals surface area contributed by atoms with E-state index in [2.05, 4.69) is 15.9 Å². The third-order valence-corrected chi connectivity index (χ3v) is 3.59. The smallest absolute Gasteiger partial charge is 0.344 e. The Morgan fingerprint density at radius 1 is 1.14 bits per heavy atom. The summed E-state index contributed by atoms with van der Waals surface area (Å²) in [6.07, 6.45) is 0.692. The molecule has 0 aliphatic heterocycles. The van der Waals surface area contributed by atoms with Gasteiger partial charge in [0.25, 0.3) is 0 Å². The average Bonchev–Trinajstić information content (AvgIpc) is 2.47. The van der Waals surface area contributed by atoms with E-state index >= 15 is 0 Å². The number of hydrogen-bond donors (Lipinski definition) is 0. The molecule has 2 aromatic carbocycles. The molecule has 2 rings (SSSR count). The first-order valence-corrected chi connectivity index (χ1v) is 7.59. The van der Waals surface area contributed by atoms with Gasteiger partial charge < -0.3 is 9.47 Å². The Labute approximate surface area is 137 Å². The third kappa shape index (κ3) is 5.40. The van der Waals surface area contributed by atoms with E-state index in [1.165, 1.54) is 0 Å². The summed E-state index contributed by atoms with van der Waals surface area (Å²) < 4.78 is 11.2. The molecule has 0 amide bonds. The molecule has 0 aliphatic carbocycles. The number of hydrogen-bond acceptors (Lipinski definition) is 3. The van der Waals surface area contributed by atoms with Crippen LogP contribution in [0.1, 0.15) is 5.56 Å². The zero-order chi connectivity index (χ0) is 15.1. The van der Waals surface area contributed by atoms with Gasteiger partial charge >= 0.3 is 5.97 Å². The van der Waals surface area contributed by atoms with Gasteiger partial charge in [0, 0.05) is 11.4 Å². The molecule has 3 nitrogen and oxygen atoms in total. The first-order chi connectivity index (χ1) is 10.1. The van der Waals surface area contributed by atoms with Crippen LogP contribution in [0.4, 0.5) is 0 Å². The molecule has 0 bridgehead atoms.